The summed E-state index contributed by atoms with van der Waals surface area (Å²) in [5.41, 5.74) is 9.58. The van der Waals surface area contributed by atoms with E-state index in [0.29, 0.717) is 17.1 Å². The molecule has 1 aromatic heterocycles. The van der Waals surface area contributed by atoms with Crippen molar-refractivity contribution in [2.45, 2.75) is 20.8 Å². The zero-order chi connectivity index (χ0) is 13.3. The molecule has 0 saturated carbocycles. The van der Waals surface area contributed by atoms with Crippen LogP contribution in [0.4, 0.5) is 11.5 Å². The number of aryl methyl sites for hydroxylation is 2. The van der Waals surface area contributed by atoms with Gasteiger partial charge in [0.15, 0.2) is 5.82 Å². The Balaban J connectivity index is 2.27. The van der Waals surface area contributed by atoms with Crippen molar-refractivity contribution in [2.75, 3.05) is 11.1 Å². The molecule has 18 heavy (non-hydrogen) atoms. The van der Waals surface area contributed by atoms with E-state index in [1.807, 2.05) is 26.8 Å². The van der Waals surface area contributed by atoms with Crippen molar-refractivity contribution in [3.8, 4) is 0 Å². The molecule has 0 unspecified atom stereocenters. The maximum absolute atomic E-state index is 12.1. The van der Waals surface area contributed by atoms with Crippen LogP contribution in [0.2, 0.25) is 0 Å². The average molecular weight is 244 g/mol. The van der Waals surface area contributed by atoms with Gasteiger partial charge in [-0.25, -0.2) is 0 Å². The quantitative estimate of drug-likeness (QED) is 0.708. The Bertz CT molecular complexity index is 601. The largest absolute Gasteiger partial charge is 0.399 e. The summed E-state index contributed by atoms with van der Waals surface area (Å²) in [7, 11) is 0. The Morgan fingerprint density at radius 3 is 2.67 bits per heavy atom. The predicted molar refractivity (Wildman–Crippen MR) is 71.6 cm³/mol. The van der Waals surface area contributed by atoms with Gasteiger partial charge >= 0.3 is 0 Å². The van der Waals surface area contributed by atoms with Crippen molar-refractivity contribution < 1.29 is 4.79 Å². The molecule has 4 N–H and O–H groups in total. The van der Waals surface area contributed by atoms with Gasteiger partial charge < -0.3 is 11.1 Å². The second-order valence-electron chi connectivity index (χ2n) is 4.35. The Morgan fingerprint density at radius 1 is 1.33 bits per heavy atom. The third-order valence-electron chi connectivity index (χ3n) is 2.99. The number of benzene rings is 1. The first-order chi connectivity index (χ1) is 8.49. The first-order valence-corrected chi connectivity index (χ1v) is 5.68. The van der Waals surface area contributed by atoms with Crippen LogP contribution in [0.5, 0.6) is 0 Å². The van der Waals surface area contributed by atoms with Crippen LogP contribution in [0.25, 0.3) is 0 Å². The van der Waals surface area contributed by atoms with Gasteiger partial charge in [-0.2, -0.15) is 5.10 Å². The van der Waals surface area contributed by atoms with Gasteiger partial charge in [-0.05, 0) is 38.5 Å². The number of hydrogen-bond acceptors (Lipinski definition) is 3. The number of carbonyl (C=O) groups excluding carboxylic acids is 1. The number of carbonyl (C=O) groups is 1. The van der Waals surface area contributed by atoms with Crippen LogP contribution in [0, 0.1) is 20.8 Å². The molecular formula is C13H16N4O. The van der Waals surface area contributed by atoms with E-state index in [0.717, 1.165) is 16.8 Å². The summed E-state index contributed by atoms with van der Waals surface area (Å²) in [6, 6.07) is 5.27. The van der Waals surface area contributed by atoms with Gasteiger partial charge in [0.2, 0.25) is 0 Å². The Kier molecular flexibility index (Phi) is 3.06. The van der Waals surface area contributed by atoms with Crippen molar-refractivity contribution >= 4 is 17.4 Å². The first kappa shape index (κ1) is 12.2. The minimum absolute atomic E-state index is 0.200. The number of H-pyrrole nitrogens is 1. The summed E-state index contributed by atoms with van der Waals surface area (Å²) in [5, 5.41) is 9.65. The number of aromatic nitrogens is 2. The molecule has 2 aromatic rings. The minimum atomic E-state index is -0.200. The fourth-order valence-electron chi connectivity index (χ4n) is 1.67. The number of nitrogens with two attached hydrogens (primary N) is 1. The van der Waals surface area contributed by atoms with E-state index in [4.69, 9.17) is 5.73 Å². The minimum Gasteiger partial charge on any atom is -0.399 e. The smallest absolute Gasteiger partial charge is 0.257 e. The topological polar surface area (TPSA) is 83.8 Å². The van der Waals surface area contributed by atoms with Crippen molar-refractivity contribution in [2.24, 2.45) is 0 Å². The van der Waals surface area contributed by atoms with Gasteiger partial charge in [-0.15, -0.1) is 0 Å². The lowest BCUT2D eigenvalue weighted by Crippen LogP contribution is -2.14. The van der Waals surface area contributed by atoms with Crippen LogP contribution in [-0.2, 0) is 0 Å². The summed E-state index contributed by atoms with van der Waals surface area (Å²) >= 11 is 0. The number of amides is 1. The normalized spacial score (nSPS) is 10.4. The highest BCUT2D eigenvalue weighted by Gasteiger charge is 2.13. The van der Waals surface area contributed by atoms with Crippen molar-refractivity contribution in [1.29, 1.82) is 0 Å². The molecule has 5 heteroatoms. The lowest BCUT2D eigenvalue weighted by atomic mass is 10.1. The number of rotatable bonds is 2. The molecule has 0 aliphatic heterocycles. The standard InChI is InChI=1S/C13H16N4O/c1-7-4-5-10(14)6-11(7)13(18)15-12-8(2)9(3)16-17-12/h4-6H,14H2,1-3H3,(H2,15,16,17,18). The van der Waals surface area contributed by atoms with Gasteiger partial charge in [0.1, 0.15) is 0 Å². The fraction of sp³-hybridized carbons (Fsp3) is 0.231. The molecule has 0 atom stereocenters. The zero-order valence-corrected chi connectivity index (χ0v) is 10.7. The summed E-state index contributed by atoms with van der Waals surface area (Å²) < 4.78 is 0. The zero-order valence-electron chi connectivity index (χ0n) is 10.7. The molecule has 94 valence electrons. The molecule has 2 rings (SSSR count). The van der Waals surface area contributed by atoms with E-state index in [1.165, 1.54) is 0 Å². The van der Waals surface area contributed by atoms with Crippen molar-refractivity contribution in [3.05, 3.63) is 40.6 Å². The molecule has 0 aliphatic carbocycles. The summed E-state index contributed by atoms with van der Waals surface area (Å²) in [4.78, 5) is 12.1. The molecule has 1 aromatic carbocycles. The molecule has 0 spiro atoms. The summed E-state index contributed by atoms with van der Waals surface area (Å²) in [5.74, 6) is 0.355. The lowest BCUT2D eigenvalue weighted by molar-refractivity contribution is 0.102. The number of hydrogen-bond donors (Lipinski definition) is 3. The first-order valence-electron chi connectivity index (χ1n) is 5.68. The van der Waals surface area contributed by atoms with Crippen LogP contribution in [0.1, 0.15) is 27.2 Å². The summed E-state index contributed by atoms with van der Waals surface area (Å²) in [6.07, 6.45) is 0. The van der Waals surface area contributed by atoms with Gasteiger partial charge in [0, 0.05) is 22.5 Å². The highest BCUT2D eigenvalue weighted by Crippen LogP contribution is 2.17. The Labute approximate surface area is 105 Å². The van der Waals surface area contributed by atoms with Crippen LogP contribution >= 0.6 is 0 Å². The molecular weight excluding hydrogens is 228 g/mol. The van der Waals surface area contributed by atoms with Gasteiger partial charge in [-0.1, -0.05) is 6.07 Å². The van der Waals surface area contributed by atoms with E-state index in [1.54, 1.807) is 12.1 Å². The van der Waals surface area contributed by atoms with Gasteiger partial charge in [0.05, 0.1) is 0 Å². The van der Waals surface area contributed by atoms with Crippen LogP contribution in [0.3, 0.4) is 0 Å². The van der Waals surface area contributed by atoms with E-state index < -0.39 is 0 Å². The maximum Gasteiger partial charge on any atom is 0.257 e. The summed E-state index contributed by atoms with van der Waals surface area (Å²) in [6.45, 7) is 5.68. The molecule has 5 nitrogen and oxygen atoms in total. The molecule has 0 fully saturated rings. The highest BCUT2D eigenvalue weighted by atomic mass is 16.1. The number of anilines is 2. The third-order valence-corrected chi connectivity index (χ3v) is 2.99. The average Bonchev–Trinajstić information content (AvgIpc) is 2.64. The number of nitrogens with zero attached hydrogens (tertiary/aromatic N) is 1. The third kappa shape index (κ3) is 2.20. The van der Waals surface area contributed by atoms with E-state index in [9.17, 15) is 4.79 Å². The fourth-order valence-corrected chi connectivity index (χ4v) is 1.67. The van der Waals surface area contributed by atoms with E-state index >= 15 is 0 Å². The second kappa shape index (κ2) is 4.52. The predicted octanol–water partition coefficient (Wildman–Crippen LogP) is 2.17. The maximum atomic E-state index is 12.1. The lowest BCUT2D eigenvalue weighted by Gasteiger charge is -2.07. The van der Waals surface area contributed by atoms with E-state index in [-0.39, 0.29) is 5.91 Å². The Morgan fingerprint density at radius 2 is 2.06 bits per heavy atom. The molecule has 0 radical (unpaired) electrons. The van der Waals surface area contributed by atoms with Gasteiger partial charge in [-0.3, -0.25) is 9.89 Å². The molecule has 1 amide bonds. The van der Waals surface area contributed by atoms with Crippen molar-refractivity contribution in [3.63, 3.8) is 0 Å². The van der Waals surface area contributed by atoms with Crippen LogP contribution < -0.4 is 11.1 Å². The monoisotopic (exact) mass is 244 g/mol. The molecule has 0 saturated heterocycles. The van der Waals surface area contributed by atoms with Crippen LogP contribution in [0.15, 0.2) is 18.2 Å². The number of aromatic amines is 1. The molecule has 0 bridgehead atoms. The highest BCUT2D eigenvalue weighted by molar-refractivity contribution is 6.05. The van der Waals surface area contributed by atoms with Crippen LogP contribution in [-0.4, -0.2) is 16.1 Å². The van der Waals surface area contributed by atoms with Gasteiger partial charge in [0.25, 0.3) is 5.91 Å². The molecule has 0 aliphatic rings. The second-order valence-corrected chi connectivity index (χ2v) is 4.35. The molecule has 1 heterocycles. The number of nitrogen functional groups attached to an aromatic ring is 1. The number of nitrogens with one attached hydrogen (secondary N) is 2. The Hall–Kier alpha value is -2.30. The SMILES string of the molecule is Cc1ccc(N)cc1C(=O)Nc1n[nH]c(C)c1C. The van der Waals surface area contributed by atoms with Crippen molar-refractivity contribution in [1.82, 2.24) is 10.2 Å². The van der Waals surface area contributed by atoms with E-state index in [2.05, 4.69) is 15.5 Å².